The highest BCUT2D eigenvalue weighted by atomic mass is 35.5. The first-order valence-corrected chi connectivity index (χ1v) is 8.51. The molecule has 0 aromatic heterocycles. The lowest BCUT2D eigenvalue weighted by Gasteiger charge is -2.23. The maximum atomic E-state index is 12.8. The van der Waals surface area contributed by atoms with Gasteiger partial charge in [-0.05, 0) is 31.9 Å². The predicted molar refractivity (Wildman–Crippen MR) is 88.8 cm³/mol. The van der Waals surface area contributed by atoms with Gasteiger partial charge in [0.2, 0.25) is 5.91 Å². The Bertz CT molecular complexity index is 752. The molecule has 0 aliphatic carbocycles. The number of para-hydroxylation sites is 1. The number of carbonyl (C=O) groups is 3. The highest BCUT2D eigenvalue weighted by Crippen LogP contribution is 2.40. The normalized spacial score (nSPS) is 29.8. The number of fused-ring (bicyclic) bond motifs is 1. The largest absolute Gasteiger partial charge is 0.328 e. The summed E-state index contributed by atoms with van der Waals surface area (Å²) in [5, 5.41) is 0.484. The maximum Gasteiger partial charge on any atom is 0.328 e. The zero-order valence-corrected chi connectivity index (χ0v) is 14.1. The van der Waals surface area contributed by atoms with Crippen molar-refractivity contribution in [3.63, 3.8) is 0 Å². The molecule has 4 rings (SSSR count). The van der Waals surface area contributed by atoms with Crippen LogP contribution in [0.2, 0.25) is 5.02 Å². The molecule has 3 aliphatic rings. The van der Waals surface area contributed by atoms with Crippen LogP contribution in [0.1, 0.15) is 26.2 Å². The highest BCUT2D eigenvalue weighted by molar-refractivity contribution is 6.33. The van der Waals surface area contributed by atoms with Gasteiger partial charge < -0.3 is 9.80 Å². The van der Waals surface area contributed by atoms with Crippen molar-refractivity contribution >= 4 is 35.1 Å². The molecule has 4 amide bonds. The summed E-state index contributed by atoms with van der Waals surface area (Å²) in [7, 11) is 0. The van der Waals surface area contributed by atoms with E-state index in [4.69, 9.17) is 11.6 Å². The molecular weight excluding hydrogens is 330 g/mol. The van der Waals surface area contributed by atoms with Crippen LogP contribution in [0, 0.1) is 0 Å². The van der Waals surface area contributed by atoms with Crippen LogP contribution in [-0.4, -0.2) is 52.3 Å². The number of anilines is 1. The molecule has 7 heteroatoms. The molecule has 0 bridgehead atoms. The molecule has 3 saturated heterocycles. The molecule has 2 atom stereocenters. The second kappa shape index (κ2) is 5.21. The van der Waals surface area contributed by atoms with Crippen molar-refractivity contribution in [2.24, 2.45) is 0 Å². The molecule has 6 nitrogen and oxygen atoms in total. The molecule has 3 fully saturated rings. The summed E-state index contributed by atoms with van der Waals surface area (Å²) < 4.78 is 0. The first-order valence-electron chi connectivity index (χ1n) is 8.13. The van der Waals surface area contributed by atoms with Gasteiger partial charge >= 0.3 is 6.03 Å². The fourth-order valence-electron chi connectivity index (χ4n) is 4.06. The third-order valence-corrected chi connectivity index (χ3v) is 5.69. The second-order valence-corrected chi connectivity index (χ2v) is 7.21. The molecule has 24 heavy (non-hydrogen) atoms. The fraction of sp³-hybridized carbons (Fsp3) is 0.471. The quantitative estimate of drug-likeness (QED) is 0.771. The van der Waals surface area contributed by atoms with E-state index in [-0.39, 0.29) is 24.3 Å². The van der Waals surface area contributed by atoms with E-state index in [2.05, 4.69) is 0 Å². The van der Waals surface area contributed by atoms with Crippen LogP contribution in [0.5, 0.6) is 0 Å². The van der Waals surface area contributed by atoms with Crippen LogP contribution in [-0.2, 0) is 9.59 Å². The number of imide groups is 1. The van der Waals surface area contributed by atoms with Crippen LogP contribution in [0.25, 0.3) is 0 Å². The Balaban J connectivity index is 1.61. The molecule has 0 saturated carbocycles. The number of hydrogen-bond donors (Lipinski definition) is 0. The first kappa shape index (κ1) is 15.4. The van der Waals surface area contributed by atoms with E-state index < -0.39 is 11.6 Å². The van der Waals surface area contributed by atoms with Gasteiger partial charge in [0, 0.05) is 19.5 Å². The van der Waals surface area contributed by atoms with Gasteiger partial charge in [-0.1, -0.05) is 23.7 Å². The fourth-order valence-corrected chi connectivity index (χ4v) is 4.29. The number of halogens is 1. The van der Waals surface area contributed by atoms with Crippen molar-refractivity contribution < 1.29 is 14.4 Å². The average molecular weight is 348 g/mol. The van der Waals surface area contributed by atoms with E-state index in [1.54, 1.807) is 28.0 Å². The number of rotatable bonds is 2. The highest BCUT2D eigenvalue weighted by Gasteiger charge is 2.59. The number of urea groups is 1. The Morgan fingerprint density at radius 2 is 1.96 bits per heavy atom. The third kappa shape index (κ3) is 1.99. The monoisotopic (exact) mass is 347 g/mol. The van der Waals surface area contributed by atoms with Gasteiger partial charge in [0.15, 0.2) is 0 Å². The maximum absolute atomic E-state index is 12.8. The van der Waals surface area contributed by atoms with Crippen LogP contribution in [0.3, 0.4) is 0 Å². The van der Waals surface area contributed by atoms with Crippen molar-refractivity contribution in [1.82, 2.24) is 9.80 Å². The van der Waals surface area contributed by atoms with Crippen LogP contribution in [0.15, 0.2) is 24.3 Å². The predicted octanol–water partition coefficient (Wildman–Crippen LogP) is 2.26. The van der Waals surface area contributed by atoms with Crippen LogP contribution < -0.4 is 4.90 Å². The van der Waals surface area contributed by atoms with Crippen molar-refractivity contribution in [3.8, 4) is 0 Å². The lowest BCUT2D eigenvalue weighted by atomic mass is 9.99. The molecular formula is C17H18ClN3O3. The minimum absolute atomic E-state index is 0.120. The molecule has 3 aliphatic heterocycles. The molecule has 0 N–H and O–H groups in total. The summed E-state index contributed by atoms with van der Waals surface area (Å²) in [5.41, 5.74) is -0.115. The average Bonchev–Trinajstić information content (AvgIpc) is 3.16. The Labute approximate surface area is 144 Å². The molecule has 0 radical (unpaired) electrons. The zero-order valence-electron chi connectivity index (χ0n) is 13.4. The summed E-state index contributed by atoms with van der Waals surface area (Å²) in [5.74, 6) is -0.297. The standard InChI is InChI=1S/C17H18ClN3O3/c1-17-7-4-8-20(17)16(24)21(15(17)23)11-9-14(22)19(10-11)13-6-3-2-5-12(13)18/h2-3,5-6,11H,4,7-10H2,1H3/t11-,17+/m0/s1. The van der Waals surface area contributed by atoms with E-state index in [0.29, 0.717) is 30.2 Å². The van der Waals surface area contributed by atoms with Crippen molar-refractivity contribution in [1.29, 1.82) is 0 Å². The summed E-state index contributed by atoms with van der Waals surface area (Å²) in [4.78, 5) is 42.5. The minimum Gasteiger partial charge on any atom is -0.310 e. The third-order valence-electron chi connectivity index (χ3n) is 5.37. The summed E-state index contributed by atoms with van der Waals surface area (Å²) in [6.07, 6.45) is 1.67. The van der Waals surface area contributed by atoms with Gasteiger partial charge in [0.1, 0.15) is 5.54 Å². The minimum atomic E-state index is -0.738. The molecule has 1 aromatic carbocycles. The molecule has 3 heterocycles. The number of amides is 4. The summed E-state index contributed by atoms with van der Waals surface area (Å²) >= 11 is 6.18. The first-order chi connectivity index (χ1) is 11.4. The molecule has 0 unspecified atom stereocenters. The number of benzene rings is 1. The van der Waals surface area contributed by atoms with E-state index in [0.717, 1.165) is 6.42 Å². The van der Waals surface area contributed by atoms with E-state index in [1.807, 2.05) is 13.0 Å². The SMILES string of the molecule is C[C@]12CCCN1C(=O)N([C@H]1CC(=O)N(c3ccccc3Cl)C1)C2=O. The number of nitrogens with zero attached hydrogens (tertiary/aromatic N) is 3. The Kier molecular flexibility index (Phi) is 3.35. The van der Waals surface area contributed by atoms with E-state index >= 15 is 0 Å². The zero-order chi connectivity index (χ0) is 17.1. The topological polar surface area (TPSA) is 60.9 Å². The Morgan fingerprint density at radius 3 is 2.67 bits per heavy atom. The van der Waals surface area contributed by atoms with Crippen LogP contribution in [0.4, 0.5) is 10.5 Å². The van der Waals surface area contributed by atoms with Gasteiger partial charge in [0.25, 0.3) is 5.91 Å². The van der Waals surface area contributed by atoms with Crippen molar-refractivity contribution in [3.05, 3.63) is 29.3 Å². The number of hydrogen-bond acceptors (Lipinski definition) is 3. The Hall–Kier alpha value is -2.08. The summed E-state index contributed by atoms with van der Waals surface area (Å²) in [6, 6.07) is 6.41. The lowest BCUT2D eigenvalue weighted by molar-refractivity contribution is -0.133. The van der Waals surface area contributed by atoms with E-state index in [1.165, 1.54) is 4.90 Å². The van der Waals surface area contributed by atoms with Crippen molar-refractivity contribution in [2.45, 2.75) is 37.8 Å². The number of carbonyl (C=O) groups excluding carboxylic acids is 3. The van der Waals surface area contributed by atoms with Gasteiger partial charge in [-0.15, -0.1) is 0 Å². The van der Waals surface area contributed by atoms with Crippen molar-refractivity contribution in [2.75, 3.05) is 18.0 Å². The van der Waals surface area contributed by atoms with Gasteiger partial charge in [0.05, 0.1) is 16.8 Å². The molecule has 126 valence electrons. The summed E-state index contributed by atoms with van der Waals surface area (Å²) in [6.45, 7) is 2.72. The van der Waals surface area contributed by atoms with E-state index in [9.17, 15) is 14.4 Å². The lowest BCUT2D eigenvalue weighted by Crippen LogP contribution is -2.45. The van der Waals surface area contributed by atoms with Gasteiger partial charge in [-0.3, -0.25) is 14.5 Å². The van der Waals surface area contributed by atoms with Gasteiger partial charge in [-0.25, -0.2) is 4.79 Å². The second-order valence-electron chi connectivity index (χ2n) is 6.80. The van der Waals surface area contributed by atoms with Gasteiger partial charge in [-0.2, -0.15) is 0 Å². The Morgan fingerprint density at radius 1 is 1.21 bits per heavy atom. The smallest absolute Gasteiger partial charge is 0.310 e. The molecule has 1 aromatic rings. The molecule has 0 spiro atoms. The van der Waals surface area contributed by atoms with Crippen LogP contribution >= 0.6 is 11.6 Å².